The zero-order valence-corrected chi connectivity index (χ0v) is 22.9. The monoisotopic (exact) mass is 648 g/mol. The van der Waals surface area contributed by atoms with E-state index in [1.807, 2.05) is 0 Å². The number of nitrogens with two attached hydrogens (primary N) is 2. The lowest BCUT2D eigenvalue weighted by atomic mass is 10.1. The molecule has 4 atom stereocenters. The fourth-order valence-electron chi connectivity index (χ4n) is 3.24. The Balaban J connectivity index is 0.000000401. The van der Waals surface area contributed by atoms with Crippen molar-refractivity contribution in [3.63, 3.8) is 0 Å². The molecule has 18 nitrogen and oxygen atoms in total. The lowest BCUT2D eigenvalue weighted by Crippen LogP contribution is -2.24. The van der Waals surface area contributed by atoms with Crippen LogP contribution in [0.25, 0.3) is 11.3 Å². The maximum absolute atomic E-state index is 12.8. The minimum absolute atomic E-state index is 0. The van der Waals surface area contributed by atoms with Gasteiger partial charge in [0.25, 0.3) is 25.5 Å². The molecule has 4 rings (SSSR count). The van der Waals surface area contributed by atoms with Crippen LogP contribution >= 0.6 is 16.1 Å². The van der Waals surface area contributed by atoms with E-state index in [0.717, 1.165) is 0 Å². The van der Waals surface area contributed by atoms with Gasteiger partial charge in [0, 0.05) is 24.0 Å². The number of hydrogen-bond donors (Lipinski definition) is 4. The summed E-state index contributed by atoms with van der Waals surface area (Å²) in [4.78, 5) is 32.4. The molecule has 2 unspecified atom stereocenters. The standard InChI is InChI=1S/2C9H10F2N5O3P.2H2O/c2*10-7(11)6(19-4-20(17)18)1-5-2-15-16-8(5)13-3-14-9(16)12;;/h2*2-3,6-7H,1,4H2,(H2-,12,13,14,17,18);2*1H2/p+2/t2*6-;;/m10../s1. The Hall–Kier alpha value is -3.62. The van der Waals surface area contributed by atoms with Crippen LogP contribution in [-0.4, -0.2) is 97.7 Å². The molecular weight excluding hydrogens is 622 g/mol. The molecule has 4 aromatic heterocycles. The van der Waals surface area contributed by atoms with E-state index in [2.05, 4.69) is 30.1 Å². The summed E-state index contributed by atoms with van der Waals surface area (Å²) >= 11 is 0. The van der Waals surface area contributed by atoms with Crippen molar-refractivity contribution < 1.29 is 56.9 Å². The second-order valence-electron chi connectivity index (χ2n) is 7.72. The van der Waals surface area contributed by atoms with Crippen LogP contribution in [0.3, 0.4) is 0 Å². The van der Waals surface area contributed by atoms with Gasteiger partial charge in [-0.3, -0.25) is 0 Å². The average Bonchev–Trinajstić information content (AvgIpc) is 3.50. The van der Waals surface area contributed by atoms with Gasteiger partial charge in [-0.2, -0.15) is 29.0 Å². The third-order valence-electron chi connectivity index (χ3n) is 5.01. The Bertz CT molecular complexity index is 1360. The van der Waals surface area contributed by atoms with Crippen LogP contribution < -0.4 is 11.5 Å². The van der Waals surface area contributed by atoms with Gasteiger partial charge >= 0.3 is 16.1 Å². The molecule has 10 N–H and O–H groups in total. The van der Waals surface area contributed by atoms with Crippen LogP contribution in [0.5, 0.6) is 0 Å². The summed E-state index contributed by atoms with van der Waals surface area (Å²) in [6.07, 6.45) is -5.33. The summed E-state index contributed by atoms with van der Waals surface area (Å²) in [5.74, 6) is 0.156. The molecule has 0 spiro atoms. The smallest absolute Gasteiger partial charge is 0.412 e. The van der Waals surface area contributed by atoms with E-state index in [0.29, 0.717) is 22.4 Å². The summed E-state index contributed by atoms with van der Waals surface area (Å²) in [5, 5.41) is 7.77. The minimum atomic E-state index is -2.81. The van der Waals surface area contributed by atoms with Crippen molar-refractivity contribution in [3.05, 3.63) is 36.2 Å². The van der Waals surface area contributed by atoms with Crippen LogP contribution in [0.4, 0.5) is 29.5 Å². The average molecular weight is 648 g/mol. The first-order valence-corrected chi connectivity index (χ1v) is 13.7. The zero-order chi connectivity index (χ0) is 29.4. The normalized spacial score (nSPS) is 13.2. The van der Waals surface area contributed by atoms with E-state index in [1.165, 1.54) is 34.1 Å². The quantitative estimate of drug-likeness (QED) is 0.112. The molecule has 0 fully saturated rings. The largest absolute Gasteiger partial charge is 0.534 e. The number of anilines is 2. The molecule has 0 aliphatic rings. The third-order valence-corrected chi connectivity index (χ3v) is 5.75. The Morgan fingerprint density at radius 3 is 1.40 bits per heavy atom. The van der Waals surface area contributed by atoms with Crippen molar-refractivity contribution in [3.8, 4) is 0 Å². The highest BCUT2D eigenvalue weighted by atomic mass is 31.1. The molecular formula is C18H26F4N10O8P2+2. The highest BCUT2D eigenvalue weighted by molar-refractivity contribution is 7.37. The summed E-state index contributed by atoms with van der Waals surface area (Å²) in [7, 11) is -5.27. The topological polar surface area (TPSA) is 294 Å². The van der Waals surface area contributed by atoms with Gasteiger partial charge in [0.1, 0.15) is 24.9 Å². The van der Waals surface area contributed by atoms with E-state index < -0.39 is 53.8 Å². The number of halogens is 4. The number of hydrogen-bond acceptors (Lipinski definition) is 12. The predicted molar refractivity (Wildman–Crippen MR) is 136 cm³/mol. The van der Waals surface area contributed by atoms with Crippen molar-refractivity contribution in [2.45, 2.75) is 37.9 Å². The Kier molecular flexibility index (Phi) is 14.5. The van der Waals surface area contributed by atoms with Crippen molar-refractivity contribution in [2.75, 3.05) is 24.2 Å². The second kappa shape index (κ2) is 16.7. The summed E-state index contributed by atoms with van der Waals surface area (Å²) in [5.41, 5.74) is 12.5. The van der Waals surface area contributed by atoms with E-state index in [-0.39, 0.29) is 35.7 Å². The molecule has 0 aliphatic carbocycles. The number of nitrogens with zero attached hydrogens (tertiary/aromatic N) is 8. The van der Waals surface area contributed by atoms with E-state index in [1.54, 1.807) is 0 Å². The first-order chi connectivity index (χ1) is 19.0. The number of fused-ring (bicyclic) bond motifs is 2. The fourth-order valence-corrected chi connectivity index (χ4v) is 3.88. The van der Waals surface area contributed by atoms with Gasteiger partial charge in [-0.25, -0.2) is 37.5 Å². The minimum Gasteiger partial charge on any atom is -0.412 e. The maximum atomic E-state index is 12.8. The van der Waals surface area contributed by atoms with Gasteiger partial charge < -0.3 is 31.9 Å². The van der Waals surface area contributed by atoms with Crippen molar-refractivity contribution in [1.82, 2.24) is 39.2 Å². The van der Waals surface area contributed by atoms with Gasteiger partial charge in [-0.05, 0) is 9.13 Å². The maximum Gasteiger partial charge on any atom is 0.534 e. The number of ether oxygens (including phenoxy) is 2. The van der Waals surface area contributed by atoms with Gasteiger partial charge in [0.15, 0.2) is 11.3 Å². The Morgan fingerprint density at radius 2 is 1.10 bits per heavy atom. The van der Waals surface area contributed by atoms with Crippen molar-refractivity contribution >= 4 is 39.2 Å². The lowest BCUT2D eigenvalue weighted by molar-refractivity contribution is -0.0399. The zero-order valence-electron chi connectivity index (χ0n) is 21.1. The summed E-state index contributed by atoms with van der Waals surface area (Å²) in [6, 6.07) is 0. The molecule has 4 aromatic rings. The van der Waals surface area contributed by atoms with Crippen molar-refractivity contribution in [2.24, 2.45) is 0 Å². The summed E-state index contributed by atoms with van der Waals surface area (Å²) < 4.78 is 84.2. The molecule has 232 valence electrons. The SMILES string of the molecule is Nc1ncnc2c(C[C@@H](OC[P+](=O)O)C(F)F)cnn12.Nc1ncnc2c(C[C@H](OC[P+](=O)O)C(F)F)cnn12.O.O. The van der Waals surface area contributed by atoms with Crippen molar-refractivity contribution in [1.29, 1.82) is 0 Å². The number of alkyl halides is 4. The molecule has 0 bridgehead atoms. The van der Waals surface area contributed by atoms with Crippen LogP contribution in [-0.2, 0) is 31.4 Å². The molecule has 0 aromatic carbocycles. The first-order valence-electron chi connectivity index (χ1n) is 10.9. The van der Waals surface area contributed by atoms with E-state index >= 15 is 0 Å². The highest BCUT2D eigenvalue weighted by Gasteiger charge is 2.28. The third kappa shape index (κ3) is 9.74. The first kappa shape index (κ1) is 36.4. The van der Waals surface area contributed by atoms with Gasteiger partial charge in [0.05, 0.1) is 12.4 Å². The highest BCUT2D eigenvalue weighted by Crippen LogP contribution is 2.22. The molecule has 0 aliphatic heterocycles. The fraction of sp³-hybridized carbons (Fsp3) is 0.444. The predicted octanol–water partition coefficient (Wildman–Crippen LogP) is -0.466. The van der Waals surface area contributed by atoms with Gasteiger partial charge in [0.2, 0.25) is 11.9 Å². The molecule has 0 radical (unpaired) electrons. The number of aromatic nitrogens is 8. The van der Waals surface area contributed by atoms with Gasteiger partial charge in [-0.15, -0.1) is 0 Å². The number of rotatable bonds is 12. The van der Waals surface area contributed by atoms with E-state index in [9.17, 15) is 26.7 Å². The van der Waals surface area contributed by atoms with Crippen LogP contribution in [0, 0.1) is 0 Å². The Morgan fingerprint density at radius 1 is 0.738 bits per heavy atom. The molecule has 24 heteroatoms. The van der Waals surface area contributed by atoms with Crippen LogP contribution in [0.2, 0.25) is 0 Å². The number of nitrogen functional groups attached to an aromatic ring is 2. The molecule has 0 saturated heterocycles. The van der Waals surface area contributed by atoms with E-state index in [4.69, 9.17) is 30.7 Å². The molecule has 0 amide bonds. The summed E-state index contributed by atoms with van der Waals surface area (Å²) in [6.45, 7) is 0. The van der Waals surface area contributed by atoms with Crippen LogP contribution in [0.15, 0.2) is 25.0 Å². The second-order valence-corrected chi connectivity index (χ2v) is 9.65. The van der Waals surface area contributed by atoms with Crippen LogP contribution in [0.1, 0.15) is 11.1 Å². The van der Waals surface area contributed by atoms with Gasteiger partial charge in [-0.1, -0.05) is 0 Å². The molecule has 0 saturated carbocycles. The Labute approximate surface area is 234 Å². The molecule has 4 heterocycles. The lowest BCUT2D eigenvalue weighted by Gasteiger charge is -2.12. The molecule has 42 heavy (non-hydrogen) atoms.